The van der Waals surface area contributed by atoms with E-state index in [0.29, 0.717) is 17.7 Å². The maximum absolute atomic E-state index is 13.3. The van der Waals surface area contributed by atoms with Crippen LogP contribution in [0.4, 0.5) is 0 Å². The van der Waals surface area contributed by atoms with Gasteiger partial charge in [-0.05, 0) is 43.3 Å². The molecule has 14 nitrogen and oxygen atoms in total. The van der Waals surface area contributed by atoms with Gasteiger partial charge in [-0.2, -0.15) is 11.8 Å². The molecule has 12 N–H and O–H groups in total. The van der Waals surface area contributed by atoms with Crippen LogP contribution in [0.25, 0.3) is 0 Å². The minimum Gasteiger partial charge on any atom is -0.480 e. The number of nitrogens with zero attached hydrogens (tertiary/aromatic N) is 1. The van der Waals surface area contributed by atoms with Gasteiger partial charge in [0.2, 0.25) is 23.6 Å². The molecule has 0 aliphatic rings. The van der Waals surface area contributed by atoms with Crippen molar-refractivity contribution in [2.45, 2.75) is 62.7 Å². The fraction of sp³-hybridized carbons (Fsp3) is 0.520. The van der Waals surface area contributed by atoms with Crippen LogP contribution in [0, 0.1) is 0 Å². The minimum absolute atomic E-state index is 0.0497. The first-order valence-electron chi connectivity index (χ1n) is 12.7. The van der Waals surface area contributed by atoms with Gasteiger partial charge < -0.3 is 44.0 Å². The highest BCUT2D eigenvalue weighted by atomic mass is 32.2. The number of carboxylic acids is 1. The van der Waals surface area contributed by atoms with E-state index < -0.39 is 53.8 Å². The maximum atomic E-state index is 13.3. The standard InChI is InChI=1S/C25H40N8O6S/c1-40-13-11-18(24(38)39)32-23(37)19(14-15-6-3-2-4-7-15)33-22(36)17(9-10-20(27)34)31-21(35)16(26)8-5-12-30-25(28)29/h2-4,6-7,16-19H,5,8-14,26H2,1H3,(H2,27,34)(H,31,35)(H,32,37)(H,33,36)(H,38,39)(H4,28,29,30). The Morgan fingerprint density at radius 2 is 1.48 bits per heavy atom. The number of aliphatic imine (C=N–C) groups is 1. The molecule has 0 fully saturated rings. The predicted molar refractivity (Wildman–Crippen MR) is 153 cm³/mol. The summed E-state index contributed by atoms with van der Waals surface area (Å²) in [5, 5.41) is 17.1. The zero-order chi connectivity index (χ0) is 30.1. The lowest BCUT2D eigenvalue weighted by Crippen LogP contribution is -2.57. The number of guanidine groups is 1. The number of thioether (sulfide) groups is 1. The molecule has 0 aliphatic carbocycles. The van der Waals surface area contributed by atoms with Gasteiger partial charge in [-0.15, -0.1) is 0 Å². The van der Waals surface area contributed by atoms with Crippen LogP contribution in [0.5, 0.6) is 0 Å². The smallest absolute Gasteiger partial charge is 0.326 e. The van der Waals surface area contributed by atoms with Crippen LogP contribution in [0.1, 0.15) is 37.7 Å². The summed E-state index contributed by atoms with van der Waals surface area (Å²) in [6.45, 7) is 0.263. The number of rotatable bonds is 19. The van der Waals surface area contributed by atoms with Crippen molar-refractivity contribution >= 4 is 47.3 Å². The van der Waals surface area contributed by atoms with Crippen LogP contribution in [-0.4, -0.2) is 83.4 Å². The molecule has 0 aliphatic heterocycles. The van der Waals surface area contributed by atoms with Crippen LogP contribution in [0.2, 0.25) is 0 Å². The van der Waals surface area contributed by atoms with Crippen molar-refractivity contribution in [2.75, 3.05) is 18.6 Å². The maximum Gasteiger partial charge on any atom is 0.326 e. The summed E-state index contributed by atoms with van der Waals surface area (Å²) < 4.78 is 0. The molecule has 40 heavy (non-hydrogen) atoms. The first-order valence-corrected chi connectivity index (χ1v) is 14.1. The molecule has 222 valence electrons. The van der Waals surface area contributed by atoms with E-state index in [1.54, 1.807) is 30.3 Å². The molecule has 0 bridgehead atoms. The lowest BCUT2D eigenvalue weighted by Gasteiger charge is -2.25. The lowest BCUT2D eigenvalue weighted by molar-refractivity contribution is -0.142. The Kier molecular flexibility index (Phi) is 15.8. The van der Waals surface area contributed by atoms with Crippen molar-refractivity contribution in [1.29, 1.82) is 0 Å². The summed E-state index contributed by atoms with van der Waals surface area (Å²) >= 11 is 1.43. The number of hydrogen-bond donors (Lipinski definition) is 8. The van der Waals surface area contributed by atoms with Crippen LogP contribution >= 0.6 is 11.8 Å². The molecule has 15 heteroatoms. The number of nitrogens with one attached hydrogen (secondary N) is 3. The second kappa shape index (κ2) is 18.4. The Bertz CT molecular complexity index is 1020. The van der Waals surface area contributed by atoms with E-state index in [0.717, 1.165) is 0 Å². The van der Waals surface area contributed by atoms with Crippen molar-refractivity contribution in [3.8, 4) is 0 Å². The SMILES string of the molecule is CSCCC(NC(=O)C(Cc1ccccc1)NC(=O)C(CCC(N)=O)NC(=O)C(N)CCCN=C(N)N)C(=O)O. The summed E-state index contributed by atoms with van der Waals surface area (Å²) in [4.78, 5) is 66.1. The normalized spacial score (nSPS) is 13.7. The zero-order valence-corrected chi connectivity index (χ0v) is 23.3. The third-order valence-corrected chi connectivity index (χ3v) is 6.40. The molecule has 1 rings (SSSR count). The molecule has 0 heterocycles. The first kappa shape index (κ1) is 34.2. The summed E-state index contributed by atoms with van der Waals surface area (Å²) in [5.41, 5.74) is 22.5. The van der Waals surface area contributed by atoms with Gasteiger partial charge >= 0.3 is 5.97 Å². The number of amides is 4. The Morgan fingerprint density at radius 1 is 0.875 bits per heavy atom. The Balaban J connectivity index is 3.06. The monoisotopic (exact) mass is 580 g/mol. The topological polar surface area (TPSA) is 258 Å². The second-order valence-electron chi connectivity index (χ2n) is 9.05. The Morgan fingerprint density at radius 3 is 2.05 bits per heavy atom. The lowest BCUT2D eigenvalue weighted by atomic mass is 10.0. The van der Waals surface area contributed by atoms with Crippen molar-refractivity contribution in [3.05, 3.63) is 35.9 Å². The largest absolute Gasteiger partial charge is 0.480 e. The minimum atomic E-state index is -1.23. The summed E-state index contributed by atoms with van der Waals surface area (Å²) in [5.74, 6) is -3.59. The van der Waals surface area contributed by atoms with Crippen molar-refractivity contribution in [3.63, 3.8) is 0 Å². The molecule has 0 spiro atoms. The molecule has 0 radical (unpaired) electrons. The van der Waals surface area contributed by atoms with E-state index in [1.807, 2.05) is 6.26 Å². The van der Waals surface area contributed by atoms with E-state index in [1.165, 1.54) is 11.8 Å². The van der Waals surface area contributed by atoms with Crippen molar-refractivity contribution in [1.82, 2.24) is 16.0 Å². The van der Waals surface area contributed by atoms with Crippen molar-refractivity contribution in [2.24, 2.45) is 27.9 Å². The van der Waals surface area contributed by atoms with E-state index in [4.69, 9.17) is 22.9 Å². The molecule has 1 aromatic carbocycles. The summed E-state index contributed by atoms with van der Waals surface area (Å²) in [6, 6.07) is 4.26. The van der Waals surface area contributed by atoms with Crippen LogP contribution in [0.15, 0.2) is 35.3 Å². The molecule has 0 saturated carbocycles. The highest BCUT2D eigenvalue weighted by molar-refractivity contribution is 7.98. The van der Waals surface area contributed by atoms with Gasteiger partial charge in [0.25, 0.3) is 0 Å². The second-order valence-corrected chi connectivity index (χ2v) is 10.0. The Labute approximate surface area is 237 Å². The van der Waals surface area contributed by atoms with Gasteiger partial charge in [-0.25, -0.2) is 4.79 Å². The number of carbonyl (C=O) groups excluding carboxylic acids is 4. The first-order chi connectivity index (χ1) is 18.9. The predicted octanol–water partition coefficient (Wildman–Crippen LogP) is -1.83. The average molecular weight is 581 g/mol. The van der Waals surface area contributed by atoms with Gasteiger partial charge in [-0.1, -0.05) is 30.3 Å². The summed E-state index contributed by atoms with van der Waals surface area (Å²) in [7, 11) is 0. The molecular weight excluding hydrogens is 540 g/mol. The summed E-state index contributed by atoms with van der Waals surface area (Å²) in [6.07, 6.45) is 2.32. The molecule has 4 unspecified atom stereocenters. The fourth-order valence-corrected chi connectivity index (χ4v) is 4.05. The van der Waals surface area contributed by atoms with Gasteiger partial charge in [0.05, 0.1) is 6.04 Å². The molecule has 4 amide bonds. The number of primary amides is 1. The van der Waals surface area contributed by atoms with Gasteiger partial charge in [-0.3, -0.25) is 24.2 Å². The highest BCUT2D eigenvalue weighted by Crippen LogP contribution is 2.08. The van der Waals surface area contributed by atoms with Crippen LogP contribution in [-0.2, 0) is 30.4 Å². The zero-order valence-electron chi connectivity index (χ0n) is 22.5. The fourth-order valence-electron chi connectivity index (χ4n) is 3.58. The number of benzene rings is 1. The van der Waals surface area contributed by atoms with E-state index >= 15 is 0 Å². The molecule has 0 saturated heterocycles. The number of nitrogens with two attached hydrogens (primary N) is 4. The number of hydrogen-bond acceptors (Lipinski definition) is 8. The Hall–Kier alpha value is -3.85. The number of carbonyl (C=O) groups is 5. The van der Waals surface area contributed by atoms with E-state index in [-0.39, 0.29) is 44.6 Å². The van der Waals surface area contributed by atoms with Crippen LogP contribution < -0.4 is 38.9 Å². The van der Waals surface area contributed by atoms with Gasteiger partial charge in [0, 0.05) is 19.4 Å². The molecule has 1 aromatic rings. The van der Waals surface area contributed by atoms with E-state index in [2.05, 4.69) is 20.9 Å². The van der Waals surface area contributed by atoms with E-state index in [9.17, 15) is 29.1 Å². The molecular formula is C25H40N8O6S. The number of carboxylic acid groups (broad SMARTS) is 1. The quantitative estimate of drug-likeness (QED) is 0.0515. The van der Waals surface area contributed by atoms with Gasteiger partial charge in [0.15, 0.2) is 5.96 Å². The third-order valence-electron chi connectivity index (χ3n) is 5.76. The molecule has 0 aromatic heterocycles. The van der Waals surface area contributed by atoms with Crippen molar-refractivity contribution < 1.29 is 29.1 Å². The number of aliphatic carboxylic acids is 1. The van der Waals surface area contributed by atoms with Crippen LogP contribution in [0.3, 0.4) is 0 Å². The average Bonchev–Trinajstić information content (AvgIpc) is 2.90. The molecule has 4 atom stereocenters. The highest BCUT2D eigenvalue weighted by Gasteiger charge is 2.30. The third kappa shape index (κ3) is 13.8. The van der Waals surface area contributed by atoms with Gasteiger partial charge in [0.1, 0.15) is 18.1 Å².